The number of aliphatic carboxylic acids is 1. The predicted octanol–water partition coefficient (Wildman–Crippen LogP) is 1.74. The van der Waals surface area contributed by atoms with Gasteiger partial charge in [0, 0.05) is 5.56 Å². The lowest BCUT2D eigenvalue weighted by Gasteiger charge is -2.18. The first kappa shape index (κ1) is 18.5. The number of hydrogen-bond acceptors (Lipinski definition) is 4. The highest BCUT2D eigenvalue weighted by Crippen LogP contribution is 2.12. The van der Waals surface area contributed by atoms with Crippen LogP contribution in [0.3, 0.4) is 0 Å². The van der Waals surface area contributed by atoms with Crippen molar-refractivity contribution < 1.29 is 33.0 Å². The van der Waals surface area contributed by atoms with Gasteiger partial charge in [-0.1, -0.05) is 6.92 Å². The second kappa shape index (κ2) is 8.21. The lowest BCUT2D eigenvalue weighted by molar-refractivity contribution is -0.148. The highest BCUT2D eigenvalue weighted by molar-refractivity contribution is 5.96. The molecule has 0 fully saturated rings. The zero-order chi connectivity index (χ0) is 17.6. The molecule has 0 aliphatic heterocycles. The van der Waals surface area contributed by atoms with Gasteiger partial charge in [-0.05, 0) is 31.5 Å². The number of benzene rings is 1. The van der Waals surface area contributed by atoms with Crippen molar-refractivity contribution in [2.24, 2.45) is 5.92 Å². The van der Waals surface area contributed by atoms with Crippen LogP contribution in [-0.2, 0) is 14.3 Å². The van der Waals surface area contributed by atoms with Crippen molar-refractivity contribution in [3.63, 3.8) is 0 Å². The number of amides is 1. The molecule has 6 nitrogen and oxygen atoms in total. The Bertz CT molecular complexity index is 606. The first-order valence-electron chi connectivity index (χ1n) is 6.91. The maximum Gasteiger partial charge on any atom is 0.326 e. The Morgan fingerprint density at radius 2 is 1.91 bits per heavy atom. The molecule has 0 heterocycles. The van der Waals surface area contributed by atoms with E-state index in [4.69, 9.17) is 9.84 Å². The summed E-state index contributed by atoms with van der Waals surface area (Å²) in [6.07, 6.45) is -0.191. The van der Waals surface area contributed by atoms with Crippen LogP contribution in [0.4, 0.5) is 8.78 Å². The van der Waals surface area contributed by atoms with Crippen molar-refractivity contribution in [2.75, 3.05) is 6.61 Å². The Labute approximate surface area is 131 Å². The van der Waals surface area contributed by atoms with Gasteiger partial charge in [0.05, 0.1) is 12.5 Å². The van der Waals surface area contributed by atoms with Crippen LogP contribution < -0.4 is 5.32 Å². The van der Waals surface area contributed by atoms with E-state index in [1.54, 1.807) is 6.92 Å². The van der Waals surface area contributed by atoms with Gasteiger partial charge in [-0.2, -0.15) is 0 Å². The standard InChI is InChI=1S/C15H17F2NO5/c1-3-23-15(22)8(2)6-12(14(20)21)18-13(19)9-4-5-10(16)11(17)7-9/h4-5,7-8,12H,3,6H2,1-2H3,(H,18,19)(H,20,21)/t8-,12+/m1/s1. The molecule has 23 heavy (non-hydrogen) atoms. The van der Waals surface area contributed by atoms with Crippen molar-refractivity contribution in [1.29, 1.82) is 0 Å². The van der Waals surface area contributed by atoms with Gasteiger partial charge >= 0.3 is 11.9 Å². The molecule has 2 N–H and O–H groups in total. The Balaban J connectivity index is 2.79. The van der Waals surface area contributed by atoms with Crippen molar-refractivity contribution >= 4 is 17.8 Å². The van der Waals surface area contributed by atoms with Crippen LogP contribution in [0.1, 0.15) is 30.6 Å². The molecule has 0 unspecified atom stereocenters. The van der Waals surface area contributed by atoms with Crippen LogP contribution in [0.5, 0.6) is 0 Å². The van der Waals surface area contributed by atoms with Crippen molar-refractivity contribution in [3.05, 3.63) is 35.4 Å². The van der Waals surface area contributed by atoms with E-state index < -0.39 is 41.4 Å². The summed E-state index contributed by atoms with van der Waals surface area (Å²) < 4.78 is 30.7. The molecule has 1 aromatic rings. The topological polar surface area (TPSA) is 92.7 Å². The van der Waals surface area contributed by atoms with E-state index in [0.717, 1.165) is 12.1 Å². The number of halogens is 2. The fourth-order valence-corrected chi connectivity index (χ4v) is 1.83. The van der Waals surface area contributed by atoms with Gasteiger partial charge in [-0.25, -0.2) is 13.6 Å². The Morgan fingerprint density at radius 3 is 2.43 bits per heavy atom. The van der Waals surface area contributed by atoms with E-state index >= 15 is 0 Å². The van der Waals surface area contributed by atoms with Gasteiger partial charge in [0.15, 0.2) is 11.6 Å². The molecule has 1 aromatic carbocycles. The summed E-state index contributed by atoms with van der Waals surface area (Å²) in [6, 6.07) is 1.09. The van der Waals surface area contributed by atoms with Gasteiger partial charge in [0.25, 0.3) is 5.91 Å². The van der Waals surface area contributed by atoms with E-state index in [9.17, 15) is 23.2 Å². The summed E-state index contributed by atoms with van der Waals surface area (Å²) in [5, 5.41) is 11.3. The van der Waals surface area contributed by atoms with Crippen LogP contribution in [-0.4, -0.2) is 35.6 Å². The monoisotopic (exact) mass is 329 g/mol. The number of rotatable bonds is 7. The summed E-state index contributed by atoms with van der Waals surface area (Å²) in [7, 11) is 0. The molecule has 0 bridgehead atoms. The number of carbonyl (C=O) groups is 3. The molecule has 8 heteroatoms. The number of carboxylic acids is 1. The highest BCUT2D eigenvalue weighted by Gasteiger charge is 2.27. The molecule has 1 rings (SSSR count). The molecule has 0 aromatic heterocycles. The quantitative estimate of drug-likeness (QED) is 0.743. The Morgan fingerprint density at radius 1 is 1.26 bits per heavy atom. The Kier molecular flexibility index (Phi) is 6.62. The van der Waals surface area contributed by atoms with Crippen LogP contribution in [0, 0.1) is 17.6 Å². The molecular weight excluding hydrogens is 312 g/mol. The first-order valence-corrected chi connectivity index (χ1v) is 6.91. The molecule has 1 amide bonds. The fourth-order valence-electron chi connectivity index (χ4n) is 1.83. The summed E-state index contributed by atoms with van der Waals surface area (Å²) in [6.45, 7) is 3.24. The molecule has 2 atom stereocenters. The minimum Gasteiger partial charge on any atom is -0.480 e. The molecule has 0 radical (unpaired) electrons. The van der Waals surface area contributed by atoms with Crippen LogP contribution >= 0.6 is 0 Å². The third kappa shape index (κ3) is 5.32. The second-order valence-electron chi connectivity index (χ2n) is 4.88. The van der Waals surface area contributed by atoms with Crippen LogP contribution in [0.15, 0.2) is 18.2 Å². The largest absolute Gasteiger partial charge is 0.480 e. The van der Waals surface area contributed by atoms with E-state index in [1.807, 2.05) is 0 Å². The Hall–Kier alpha value is -2.51. The van der Waals surface area contributed by atoms with Crippen LogP contribution in [0.2, 0.25) is 0 Å². The van der Waals surface area contributed by atoms with Gasteiger partial charge in [-0.3, -0.25) is 9.59 Å². The molecule has 0 spiro atoms. The third-order valence-electron chi connectivity index (χ3n) is 3.06. The number of carboxylic acid groups (broad SMARTS) is 1. The SMILES string of the molecule is CCOC(=O)[C@H](C)C[C@H](NC(=O)c1ccc(F)c(F)c1)C(=O)O. The average Bonchev–Trinajstić information content (AvgIpc) is 2.49. The van der Waals surface area contributed by atoms with E-state index in [-0.39, 0.29) is 18.6 Å². The van der Waals surface area contributed by atoms with E-state index in [0.29, 0.717) is 6.07 Å². The minimum absolute atomic E-state index is 0.155. The number of nitrogens with one attached hydrogen (secondary N) is 1. The lowest BCUT2D eigenvalue weighted by Crippen LogP contribution is -2.42. The van der Waals surface area contributed by atoms with Gasteiger partial charge < -0.3 is 15.2 Å². The molecule has 126 valence electrons. The minimum atomic E-state index is -1.37. The number of ether oxygens (including phenoxy) is 1. The van der Waals surface area contributed by atoms with Crippen molar-refractivity contribution in [2.45, 2.75) is 26.3 Å². The van der Waals surface area contributed by atoms with E-state index in [2.05, 4.69) is 5.32 Å². The summed E-state index contributed by atoms with van der Waals surface area (Å²) in [4.78, 5) is 34.6. The normalized spacial score (nSPS) is 13.0. The predicted molar refractivity (Wildman–Crippen MR) is 75.7 cm³/mol. The lowest BCUT2D eigenvalue weighted by atomic mass is 10.0. The second-order valence-corrected chi connectivity index (χ2v) is 4.88. The summed E-state index contributed by atoms with van der Waals surface area (Å²) >= 11 is 0. The maximum atomic E-state index is 13.1. The zero-order valence-corrected chi connectivity index (χ0v) is 12.6. The molecular formula is C15H17F2NO5. The molecule has 0 aliphatic rings. The maximum absolute atomic E-state index is 13.1. The van der Waals surface area contributed by atoms with Gasteiger partial charge in [-0.15, -0.1) is 0 Å². The highest BCUT2D eigenvalue weighted by atomic mass is 19.2. The van der Waals surface area contributed by atoms with Crippen LogP contribution in [0.25, 0.3) is 0 Å². The van der Waals surface area contributed by atoms with E-state index in [1.165, 1.54) is 6.92 Å². The summed E-state index contributed by atoms with van der Waals surface area (Å²) in [5.74, 6) is -5.90. The fraction of sp³-hybridized carbons (Fsp3) is 0.400. The van der Waals surface area contributed by atoms with Gasteiger partial charge in [0.1, 0.15) is 6.04 Å². The number of carbonyl (C=O) groups excluding carboxylic acids is 2. The van der Waals surface area contributed by atoms with Crippen molar-refractivity contribution in [3.8, 4) is 0 Å². The summed E-state index contributed by atoms with van der Waals surface area (Å²) in [5.41, 5.74) is -0.223. The molecule has 0 saturated carbocycles. The number of hydrogen-bond donors (Lipinski definition) is 2. The zero-order valence-electron chi connectivity index (χ0n) is 12.6. The smallest absolute Gasteiger partial charge is 0.326 e. The molecule has 0 saturated heterocycles. The van der Waals surface area contributed by atoms with Gasteiger partial charge in [0.2, 0.25) is 0 Å². The third-order valence-corrected chi connectivity index (χ3v) is 3.06. The first-order chi connectivity index (χ1) is 10.8. The number of esters is 1. The average molecular weight is 329 g/mol. The van der Waals surface area contributed by atoms with Crippen molar-refractivity contribution in [1.82, 2.24) is 5.32 Å². The molecule has 0 aliphatic carbocycles.